The van der Waals surface area contributed by atoms with Crippen LogP contribution in [0.1, 0.15) is 44.1 Å². The Hall–Kier alpha value is -1.13. The first-order valence-electron chi connectivity index (χ1n) is 11.1. The lowest BCUT2D eigenvalue weighted by Gasteiger charge is -2.34. The van der Waals surface area contributed by atoms with E-state index in [-0.39, 0.29) is 24.0 Å². The van der Waals surface area contributed by atoms with E-state index in [0.29, 0.717) is 6.10 Å². The molecule has 170 valence electrons. The highest BCUT2D eigenvalue weighted by Gasteiger charge is 2.22. The highest BCUT2D eigenvalue weighted by Crippen LogP contribution is 2.19. The molecule has 2 aliphatic rings. The fourth-order valence-electron chi connectivity index (χ4n) is 4.07. The minimum atomic E-state index is 0. The third-order valence-electron chi connectivity index (χ3n) is 5.74. The van der Waals surface area contributed by atoms with E-state index in [1.54, 1.807) is 7.11 Å². The van der Waals surface area contributed by atoms with Gasteiger partial charge < -0.3 is 24.6 Å². The maximum Gasteiger partial charge on any atom is 0.193 e. The topological polar surface area (TPSA) is 62.2 Å². The molecule has 2 fully saturated rings. The van der Waals surface area contributed by atoms with Gasteiger partial charge in [-0.15, -0.1) is 24.0 Å². The summed E-state index contributed by atoms with van der Waals surface area (Å²) in [6.45, 7) is 6.51. The van der Waals surface area contributed by atoms with Crippen molar-refractivity contribution in [3.63, 3.8) is 0 Å². The molecule has 2 saturated heterocycles. The van der Waals surface area contributed by atoms with Crippen LogP contribution in [0, 0.1) is 0 Å². The summed E-state index contributed by atoms with van der Waals surface area (Å²) in [5.74, 6) is 2.07. The number of pyridine rings is 1. The number of guanidine groups is 1. The van der Waals surface area contributed by atoms with Crippen molar-refractivity contribution in [3.8, 4) is 0 Å². The summed E-state index contributed by atoms with van der Waals surface area (Å²) in [4.78, 5) is 13.8. The first kappa shape index (κ1) is 25.1. The second kappa shape index (κ2) is 14.0. The van der Waals surface area contributed by atoms with E-state index in [4.69, 9.17) is 9.47 Å². The van der Waals surface area contributed by atoms with Gasteiger partial charge in [-0.3, -0.25) is 4.99 Å². The van der Waals surface area contributed by atoms with Crippen LogP contribution in [0.3, 0.4) is 0 Å². The van der Waals surface area contributed by atoms with Gasteiger partial charge in [0.05, 0.1) is 6.10 Å². The summed E-state index contributed by atoms with van der Waals surface area (Å²) in [6.07, 6.45) is 9.20. The van der Waals surface area contributed by atoms with Gasteiger partial charge >= 0.3 is 0 Å². The zero-order valence-electron chi connectivity index (χ0n) is 18.5. The standard InChI is InChI=1S/C22H37N5O2.HI/c1-23-22(27-13-8-20(9-14-27)29-16-6-15-28-2)25-18-19-7-10-24-21(17-19)26-11-4-3-5-12-26;/h7,10,17,20H,3-6,8-9,11-16,18H2,1-2H3,(H,23,25);1H. The zero-order chi connectivity index (χ0) is 20.3. The molecule has 1 aromatic heterocycles. The summed E-state index contributed by atoms with van der Waals surface area (Å²) in [5.41, 5.74) is 1.25. The molecule has 0 amide bonds. The van der Waals surface area contributed by atoms with Crippen LogP contribution >= 0.6 is 24.0 Å². The number of halogens is 1. The molecular weight excluding hydrogens is 493 g/mol. The van der Waals surface area contributed by atoms with Crippen molar-refractivity contribution >= 4 is 35.8 Å². The van der Waals surface area contributed by atoms with E-state index in [2.05, 4.69) is 37.2 Å². The molecule has 8 heteroatoms. The molecule has 0 aromatic carbocycles. The molecule has 0 spiro atoms. The molecule has 0 unspecified atom stereocenters. The average Bonchev–Trinajstić information content (AvgIpc) is 2.79. The third kappa shape index (κ3) is 7.85. The van der Waals surface area contributed by atoms with Gasteiger partial charge in [0, 0.05) is 66.3 Å². The number of aliphatic imine (C=N–C) groups is 1. The van der Waals surface area contributed by atoms with Crippen LogP contribution in [0.4, 0.5) is 5.82 Å². The number of piperidine rings is 2. The van der Waals surface area contributed by atoms with E-state index in [1.807, 2.05) is 13.2 Å². The molecule has 0 radical (unpaired) electrons. The first-order chi connectivity index (χ1) is 14.3. The SMILES string of the molecule is CN=C(NCc1ccnc(N2CCCCC2)c1)N1CCC(OCCCOC)CC1.I. The minimum absolute atomic E-state index is 0. The van der Waals surface area contributed by atoms with Crippen molar-refractivity contribution in [2.45, 2.75) is 51.2 Å². The number of rotatable bonds is 8. The van der Waals surface area contributed by atoms with Crippen molar-refractivity contribution in [2.24, 2.45) is 4.99 Å². The molecule has 1 aromatic rings. The van der Waals surface area contributed by atoms with Gasteiger partial charge in [-0.2, -0.15) is 0 Å². The number of ether oxygens (including phenoxy) is 2. The number of nitrogens with zero attached hydrogens (tertiary/aromatic N) is 4. The molecule has 0 atom stereocenters. The highest BCUT2D eigenvalue weighted by molar-refractivity contribution is 14.0. The second-order valence-corrected chi connectivity index (χ2v) is 7.87. The number of nitrogens with one attached hydrogen (secondary N) is 1. The Balaban J connectivity index is 0.00000320. The molecule has 30 heavy (non-hydrogen) atoms. The smallest absolute Gasteiger partial charge is 0.193 e. The fourth-order valence-corrected chi connectivity index (χ4v) is 4.07. The quantitative estimate of drug-likeness (QED) is 0.241. The second-order valence-electron chi connectivity index (χ2n) is 7.87. The molecule has 3 heterocycles. The van der Waals surface area contributed by atoms with Crippen LogP contribution in [0.25, 0.3) is 0 Å². The Kier molecular flexibility index (Phi) is 11.8. The number of methoxy groups -OCH3 is 1. The molecule has 0 saturated carbocycles. The zero-order valence-corrected chi connectivity index (χ0v) is 20.8. The van der Waals surface area contributed by atoms with E-state index in [1.165, 1.54) is 24.8 Å². The summed E-state index contributed by atoms with van der Waals surface area (Å²) in [7, 11) is 3.60. The van der Waals surface area contributed by atoms with E-state index in [9.17, 15) is 0 Å². The normalized spacial score (nSPS) is 18.3. The van der Waals surface area contributed by atoms with E-state index in [0.717, 1.165) is 77.0 Å². The molecule has 0 bridgehead atoms. The van der Waals surface area contributed by atoms with E-state index < -0.39 is 0 Å². The van der Waals surface area contributed by atoms with Crippen molar-refractivity contribution in [3.05, 3.63) is 23.9 Å². The van der Waals surface area contributed by atoms with Crippen LogP contribution in [0.15, 0.2) is 23.3 Å². The summed E-state index contributed by atoms with van der Waals surface area (Å²) in [6, 6.07) is 4.31. The maximum absolute atomic E-state index is 5.97. The predicted molar refractivity (Wildman–Crippen MR) is 133 cm³/mol. The van der Waals surface area contributed by atoms with Crippen LogP contribution in [0.2, 0.25) is 0 Å². The maximum atomic E-state index is 5.97. The molecule has 1 N–H and O–H groups in total. The monoisotopic (exact) mass is 531 g/mol. The van der Waals surface area contributed by atoms with Crippen molar-refractivity contribution in [1.29, 1.82) is 0 Å². The Morgan fingerprint density at radius 3 is 2.63 bits per heavy atom. The Labute approximate surface area is 198 Å². The van der Waals surface area contributed by atoms with Crippen molar-refractivity contribution in [1.82, 2.24) is 15.2 Å². The van der Waals surface area contributed by atoms with Gasteiger partial charge in [0.2, 0.25) is 0 Å². The van der Waals surface area contributed by atoms with Gasteiger partial charge in [-0.1, -0.05) is 0 Å². The van der Waals surface area contributed by atoms with Crippen LogP contribution in [-0.4, -0.2) is 75.5 Å². The fraction of sp³-hybridized carbons (Fsp3) is 0.727. The Morgan fingerprint density at radius 2 is 1.93 bits per heavy atom. The van der Waals surface area contributed by atoms with Gasteiger partial charge in [-0.25, -0.2) is 4.98 Å². The number of anilines is 1. The molecule has 3 rings (SSSR count). The lowest BCUT2D eigenvalue weighted by atomic mass is 10.1. The lowest BCUT2D eigenvalue weighted by molar-refractivity contribution is 0.00989. The van der Waals surface area contributed by atoms with Gasteiger partial charge in [0.1, 0.15) is 5.82 Å². The van der Waals surface area contributed by atoms with Crippen molar-refractivity contribution < 1.29 is 9.47 Å². The number of hydrogen-bond acceptors (Lipinski definition) is 5. The Morgan fingerprint density at radius 1 is 1.17 bits per heavy atom. The van der Waals surface area contributed by atoms with E-state index >= 15 is 0 Å². The van der Waals surface area contributed by atoms with Crippen LogP contribution < -0.4 is 10.2 Å². The number of aromatic nitrogens is 1. The predicted octanol–water partition coefficient (Wildman–Crippen LogP) is 3.28. The van der Waals surface area contributed by atoms with Crippen LogP contribution in [-0.2, 0) is 16.0 Å². The molecule has 2 aliphatic heterocycles. The third-order valence-corrected chi connectivity index (χ3v) is 5.74. The summed E-state index contributed by atoms with van der Waals surface area (Å²) < 4.78 is 11.0. The largest absolute Gasteiger partial charge is 0.385 e. The Bertz CT molecular complexity index is 632. The lowest BCUT2D eigenvalue weighted by Crippen LogP contribution is -2.46. The van der Waals surface area contributed by atoms with Gasteiger partial charge in [-0.05, 0) is 56.2 Å². The average molecular weight is 531 g/mol. The van der Waals surface area contributed by atoms with Gasteiger partial charge in [0.25, 0.3) is 0 Å². The van der Waals surface area contributed by atoms with Gasteiger partial charge in [0.15, 0.2) is 5.96 Å². The molecule has 0 aliphatic carbocycles. The highest BCUT2D eigenvalue weighted by atomic mass is 127. The summed E-state index contributed by atoms with van der Waals surface area (Å²) in [5, 5.41) is 3.53. The number of hydrogen-bond donors (Lipinski definition) is 1. The molecule has 7 nitrogen and oxygen atoms in total. The van der Waals surface area contributed by atoms with Crippen LogP contribution in [0.5, 0.6) is 0 Å². The summed E-state index contributed by atoms with van der Waals surface area (Å²) >= 11 is 0. The van der Waals surface area contributed by atoms with Crippen molar-refractivity contribution in [2.75, 3.05) is 58.5 Å². The first-order valence-corrected chi connectivity index (χ1v) is 11.1. The minimum Gasteiger partial charge on any atom is -0.385 e. The molecular formula is C22H38IN5O2. The number of likely N-dealkylation sites (tertiary alicyclic amines) is 1.